The molecule has 5 nitrogen and oxygen atoms in total. The lowest BCUT2D eigenvalue weighted by molar-refractivity contribution is 0.421. The Morgan fingerprint density at radius 1 is 1.40 bits per heavy atom. The highest BCUT2D eigenvalue weighted by Gasteiger charge is 2.07. The first-order valence-corrected chi connectivity index (χ1v) is 4.56. The summed E-state index contributed by atoms with van der Waals surface area (Å²) in [6, 6.07) is 4.80. The number of benzene rings is 1. The van der Waals surface area contributed by atoms with E-state index in [-0.39, 0.29) is 0 Å². The second kappa shape index (κ2) is 3.27. The summed E-state index contributed by atoms with van der Waals surface area (Å²) >= 11 is 0. The average molecular weight is 206 g/mol. The summed E-state index contributed by atoms with van der Waals surface area (Å²) in [5.74, 6) is -0.639. The third-order valence-electron chi connectivity index (χ3n) is 2.25. The van der Waals surface area contributed by atoms with Crippen molar-refractivity contribution in [1.82, 2.24) is 4.57 Å². The Kier molecular flexibility index (Phi) is 2.07. The third-order valence-corrected chi connectivity index (χ3v) is 2.25. The highest BCUT2D eigenvalue weighted by molar-refractivity contribution is 5.80. The Hall–Kier alpha value is -2.04. The Bertz CT molecular complexity index is 625. The standard InChI is InChI=1S/C10H10N2O3/c1-2-12-8-4-3-6(11)5-7(8)9(13)15-10(12)14/h3-5H,2,11H2,1H3. The van der Waals surface area contributed by atoms with Crippen LogP contribution in [0.1, 0.15) is 6.92 Å². The van der Waals surface area contributed by atoms with Gasteiger partial charge in [0.2, 0.25) is 0 Å². The lowest BCUT2D eigenvalue weighted by Crippen LogP contribution is -2.24. The maximum atomic E-state index is 11.4. The fourth-order valence-corrected chi connectivity index (χ4v) is 1.54. The van der Waals surface area contributed by atoms with E-state index < -0.39 is 11.4 Å². The Morgan fingerprint density at radius 2 is 2.13 bits per heavy atom. The maximum Gasteiger partial charge on any atom is 0.422 e. The van der Waals surface area contributed by atoms with Gasteiger partial charge in [0, 0.05) is 12.2 Å². The van der Waals surface area contributed by atoms with Gasteiger partial charge in [-0.25, -0.2) is 9.59 Å². The molecule has 0 spiro atoms. The fourth-order valence-electron chi connectivity index (χ4n) is 1.54. The predicted molar refractivity (Wildman–Crippen MR) is 56.8 cm³/mol. The smallest absolute Gasteiger partial charge is 0.399 e. The van der Waals surface area contributed by atoms with E-state index in [1.54, 1.807) is 19.1 Å². The van der Waals surface area contributed by atoms with Crippen molar-refractivity contribution in [3.05, 3.63) is 39.2 Å². The van der Waals surface area contributed by atoms with E-state index in [1.807, 2.05) is 0 Å². The van der Waals surface area contributed by atoms with Gasteiger partial charge in [0.05, 0.1) is 10.9 Å². The molecule has 5 heteroatoms. The van der Waals surface area contributed by atoms with E-state index >= 15 is 0 Å². The second-order valence-corrected chi connectivity index (χ2v) is 3.18. The summed E-state index contributed by atoms with van der Waals surface area (Å²) in [4.78, 5) is 22.7. The predicted octanol–water partition coefficient (Wildman–Crippen LogP) is 0.557. The minimum atomic E-state index is -0.646. The topological polar surface area (TPSA) is 78.2 Å². The molecule has 0 aliphatic heterocycles. The van der Waals surface area contributed by atoms with Gasteiger partial charge in [-0.3, -0.25) is 4.57 Å². The molecule has 0 bridgehead atoms. The summed E-state index contributed by atoms with van der Waals surface area (Å²) in [6.07, 6.45) is 0. The quantitative estimate of drug-likeness (QED) is 0.691. The summed E-state index contributed by atoms with van der Waals surface area (Å²) < 4.78 is 5.95. The highest BCUT2D eigenvalue weighted by atomic mass is 16.4. The van der Waals surface area contributed by atoms with Gasteiger partial charge >= 0.3 is 11.4 Å². The van der Waals surface area contributed by atoms with Crippen LogP contribution < -0.4 is 17.1 Å². The number of hydrogen-bond acceptors (Lipinski definition) is 4. The van der Waals surface area contributed by atoms with Gasteiger partial charge in [0.25, 0.3) is 0 Å². The van der Waals surface area contributed by atoms with Crippen molar-refractivity contribution in [2.45, 2.75) is 13.5 Å². The molecule has 2 rings (SSSR count). The second-order valence-electron chi connectivity index (χ2n) is 3.18. The lowest BCUT2D eigenvalue weighted by atomic mass is 10.2. The molecule has 0 fully saturated rings. The van der Waals surface area contributed by atoms with E-state index in [9.17, 15) is 9.59 Å². The molecule has 1 aromatic carbocycles. The zero-order valence-electron chi connectivity index (χ0n) is 8.19. The minimum absolute atomic E-state index is 0.330. The van der Waals surface area contributed by atoms with E-state index in [0.717, 1.165) is 0 Å². The van der Waals surface area contributed by atoms with Crippen LogP contribution in [0.4, 0.5) is 5.69 Å². The molecule has 0 aliphatic carbocycles. The molecule has 1 aromatic heterocycles. The van der Waals surface area contributed by atoms with Gasteiger partial charge in [-0.1, -0.05) is 0 Å². The molecular weight excluding hydrogens is 196 g/mol. The van der Waals surface area contributed by atoms with Crippen LogP contribution in [0.15, 0.2) is 32.2 Å². The van der Waals surface area contributed by atoms with Crippen molar-refractivity contribution in [3.63, 3.8) is 0 Å². The van der Waals surface area contributed by atoms with Crippen molar-refractivity contribution < 1.29 is 4.42 Å². The Balaban J connectivity index is 3.03. The lowest BCUT2D eigenvalue weighted by Gasteiger charge is -2.05. The number of hydrogen-bond donors (Lipinski definition) is 1. The number of aryl methyl sites for hydroxylation is 1. The monoisotopic (exact) mass is 206 g/mol. The van der Waals surface area contributed by atoms with Crippen molar-refractivity contribution in [2.24, 2.45) is 0 Å². The van der Waals surface area contributed by atoms with Gasteiger partial charge in [-0.15, -0.1) is 0 Å². The first kappa shape index (κ1) is 9.51. The summed E-state index contributed by atoms with van der Waals surface area (Å²) in [6.45, 7) is 2.25. The fraction of sp³-hybridized carbons (Fsp3) is 0.200. The summed E-state index contributed by atoms with van der Waals surface area (Å²) in [7, 11) is 0. The molecule has 0 atom stereocenters. The first-order chi connectivity index (χ1) is 7.13. The van der Waals surface area contributed by atoms with Crippen LogP contribution in [0.2, 0.25) is 0 Å². The summed E-state index contributed by atoms with van der Waals surface area (Å²) in [5.41, 5.74) is 5.93. The average Bonchev–Trinajstić information content (AvgIpc) is 2.19. The van der Waals surface area contributed by atoms with Crippen molar-refractivity contribution >= 4 is 16.6 Å². The van der Waals surface area contributed by atoms with E-state index in [2.05, 4.69) is 4.42 Å². The Labute approximate surface area is 84.7 Å². The molecule has 0 amide bonds. The first-order valence-electron chi connectivity index (χ1n) is 4.56. The molecule has 0 saturated heterocycles. The van der Waals surface area contributed by atoms with Gasteiger partial charge in [-0.2, -0.15) is 0 Å². The largest absolute Gasteiger partial charge is 0.422 e. The molecule has 15 heavy (non-hydrogen) atoms. The maximum absolute atomic E-state index is 11.4. The molecule has 2 N–H and O–H groups in total. The number of aromatic nitrogens is 1. The number of anilines is 1. The Morgan fingerprint density at radius 3 is 2.80 bits per heavy atom. The zero-order valence-corrected chi connectivity index (χ0v) is 8.19. The molecule has 0 aliphatic rings. The number of nitrogens with zero attached hydrogens (tertiary/aromatic N) is 1. The molecule has 2 aromatic rings. The van der Waals surface area contributed by atoms with Crippen LogP contribution in [-0.2, 0) is 6.54 Å². The molecule has 1 heterocycles. The van der Waals surface area contributed by atoms with Gasteiger partial charge in [0.15, 0.2) is 0 Å². The SMILES string of the molecule is CCn1c(=O)oc(=O)c2cc(N)ccc21. The summed E-state index contributed by atoms with van der Waals surface area (Å²) in [5, 5.41) is 0.330. The highest BCUT2D eigenvalue weighted by Crippen LogP contribution is 2.12. The van der Waals surface area contributed by atoms with Crippen molar-refractivity contribution in [1.29, 1.82) is 0 Å². The third kappa shape index (κ3) is 1.41. The van der Waals surface area contributed by atoms with Crippen molar-refractivity contribution in [3.8, 4) is 0 Å². The van der Waals surface area contributed by atoms with E-state index in [4.69, 9.17) is 5.73 Å². The van der Waals surface area contributed by atoms with Crippen LogP contribution >= 0.6 is 0 Å². The normalized spacial score (nSPS) is 10.7. The van der Waals surface area contributed by atoms with Crippen LogP contribution in [0.3, 0.4) is 0 Å². The molecule has 0 unspecified atom stereocenters. The van der Waals surface area contributed by atoms with Gasteiger partial charge in [0.1, 0.15) is 0 Å². The van der Waals surface area contributed by atoms with E-state index in [1.165, 1.54) is 10.6 Å². The van der Waals surface area contributed by atoms with E-state index in [0.29, 0.717) is 23.1 Å². The molecule has 0 saturated carbocycles. The minimum Gasteiger partial charge on any atom is -0.399 e. The van der Waals surface area contributed by atoms with Crippen molar-refractivity contribution in [2.75, 3.05) is 5.73 Å². The molecule has 0 radical (unpaired) electrons. The number of fused-ring (bicyclic) bond motifs is 1. The number of nitrogen functional groups attached to an aromatic ring is 1. The number of rotatable bonds is 1. The van der Waals surface area contributed by atoms with Crippen LogP contribution in [0.5, 0.6) is 0 Å². The zero-order chi connectivity index (χ0) is 11.0. The van der Waals surface area contributed by atoms with Gasteiger partial charge in [-0.05, 0) is 25.1 Å². The van der Waals surface area contributed by atoms with Crippen LogP contribution in [0.25, 0.3) is 10.9 Å². The van der Waals surface area contributed by atoms with Crippen LogP contribution in [-0.4, -0.2) is 4.57 Å². The molecular formula is C10H10N2O3. The molecule has 78 valence electrons. The van der Waals surface area contributed by atoms with Crippen LogP contribution in [0, 0.1) is 0 Å². The number of nitrogens with two attached hydrogens (primary N) is 1. The van der Waals surface area contributed by atoms with Gasteiger partial charge < -0.3 is 10.2 Å².